The maximum absolute atomic E-state index is 9.99. The average molecular weight is 171 g/mol. The number of aromatic nitrogens is 3. The first-order valence-corrected chi connectivity index (χ1v) is 3.23. The van der Waals surface area contributed by atoms with Crippen molar-refractivity contribution in [1.29, 1.82) is 0 Å². The van der Waals surface area contributed by atoms with E-state index in [0.29, 0.717) is 0 Å². The van der Waals surface area contributed by atoms with Crippen molar-refractivity contribution in [2.75, 3.05) is 0 Å². The maximum Gasteiger partial charge on any atom is 0.476 e. The van der Waals surface area contributed by atoms with Gasteiger partial charge < -0.3 is 0 Å². The van der Waals surface area contributed by atoms with Crippen LogP contribution in [0.15, 0.2) is 12.4 Å². The van der Waals surface area contributed by atoms with Gasteiger partial charge in [0.2, 0.25) is 0 Å². The molecule has 10 heavy (non-hydrogen) atoms. The minimum absolute atomic E-state index is 1.58. The summed E-state index contributed by atoms with van der Waals surface area (Å²) in [5.74, 6) is 0. The Morgan fingerprint density at radius 2 is 1.90 bits per heavy atom. The third-order valence-corrected chi connectivity index (χ3v) is 0.331. The van der Waals surface area contributed by atoms with E-state index >= 15 is 0 Å². The third-order valence-electron chi connectivity index (χ3n) is 0.331. The van der Waals surface area contributed by atoms with Crippen molar-refractivity contribution in [2.24, 2.45) is 0 Å². The highest BCUT2D eigenvalue weighted by Crippen LogP contribution is 1.85. The van der Waals surface area contributed by atoms with E-state index in [1.807, 2.05) is 0 Å². The van der Waals surface area contributed by atoms with Crippen LogP contribution in [0.25, 0.3) is 0 Å². The number of rotatable bonds is 0. The van der Waals surface area contributed by atoms with Gasteiger partial charge in [-0.1, -0.05) is 13.0 Å². The number of aromatic amines is 1. The number of nitrogens with one attached hydrogen (secondary N) is 1. The minimum Gasteiger partial charge on any atom is -0.266 e. The second kappa shape index (κ2) is 3.88. The SMILES string of the molecule is O=S(=O)(F)F.c1c[nH]nn1. The Balaban J connectivity index is 0.000000162. The number of nitrogens with zero attached hydrogens (tertiary/aromatic N) is 2. The first-order chi connectivity index (χ1) is 4.50. The normalized spacial score (nSPS) is 9.80. The Hall–Kier alpha value is -1.05. The van der Waals surface area contributed by atoms with Crippen LogP contribution in [0.1, 0.15) is 0 Å². The lowest BCUT2D eigenvalue weighted by molar-refractivity contribution is 0.501. The molecule has 0 aromatic carbocycles. The molecule has 1 rings (SSSR count). The quantitative estimate of drug-likeness (QED) is 0.556. The molecule has 0 bridgehead atoms. The predicted octanol–water partition coefficient (Wildman–Crippen LogP) is -0.0251. The molecule has 0 fully saturated rings. The molecule has 8 heteroatoms. The zero-order valence-corrected chi connectivity index (χ0v) is 5.35. The van der Waals surface area contributed by atoms with Gasteiger partial charge in [0.25, 0.3) is 0 Å². The molecule has 0 aliphatic rings. The topological polar surface area (TPSA) is 75.7 Å². The van der Waals surface area contributed by atoms with Crippen molar-refractivity contribution < 1.29 is 16.2 Å². The van der Waals surface area contributed by atoms with Crippen LogP contribution >= 0.6 is 0 Å². The molecule has 0 saturated carbocycles. The summed E-state index contributed by atoms with van der Waals surface area (Å²) < 4.78 is 36.6. The van der Waals surface area contributed by atoms with Crippen molar-refractivity contribution in [1.82, 2.24) is 15.4 Å². The summed E-state index contributed by atoms with van der Waals surface area (Å²) in [4.78, 5) is 0. The summed E-state index contributed by atoms with van der Waals surface area (Å²) in [6.07, 6.45) is 3.24. The molecule has 0 aliphatic carbocycles. The molecule has 0 saturated heterocycles. The largest absolute Gasteiger partial charge is 0.476 e. The molecule has 0 atom stereocenters. The van der Waals surface area contributed by atoms with Crippen molar-refractivity contribution in [3.05, 3.63) is 12.4 Å². The molecule has 0 unspecified atom stereocenters. The van der Waals surface area contributed by atoms with Gasteiger partial charge in [-0.25, -0.2) is 0 Å². The Kier molecular flexibility index (Phi) is 3.47. The van der Waals surface area contributed by atoms with Crippen LogP contribution < -0.4 is 0 Å². The number of hydrogen-bond acceptors (Lipinski definition) is 4. The van der Waals surface area contributed by atoms with Gasteiger partial charge in [0, 0.05) is 6.20 Å². The summed E-state index contributed by atoms with van der Waals surface area (Å²) in [5, 5.41) is 9.26. The minimum atomic E-state index is -5.67. The number of halogens is 2. The smallest absolute Gasteiger partial charge is 0.266 e. The van der Waals surface area contributed by atoms with Gasteiger partial charge in [-0.05, 0) is 0 Å². The molecule has 1 aromatic heterocycles. The summed E-state index contributed by atoms with van der Waals surface area (Å²) >= 11 is 0. The Morgan fingerprint density at radius 1 is 1.40 bits per heavy atom. The van der Waals surface area contributed by atoms with Crippen LogP contribution in [0.2, 0.25) is 0 Å². The second-order valence-corrected chi connectivity index (χ2v) is 1.80. The van der Waals surface area contributed by atoms with Crippen LogP contribution in [0.3, 0.4) is 0 Å². The van der Waals surface area contributed by atoms with E-state index in [4.69, 9.17) is 8.42 Å². The molecule has 5 nitrogen and oxygen atoms in total. The molecule has 0 radical (unpaired) electrons. The van der Waals surface area contributed by atoms with E-state index in [-0.39, 0.29) is 0 Å². The second-order valence-electron chi connectivity index (χ2n) is 1.04. The molecule has 1 aromatic rings. The van der Waals surface area contributed by atoms with Gasteiger partial charge in [-0.2, -0.15) is 8.42 Å². The fourth-order valence-electron chi connectivity index (χ4n) is 0.167. The van der Waals surface area contributed by atoms with Gasteiger partial charge in [0.1, 0.15) is 0 Å². The first kappa shape index (κ1) is 8.95. The highest BCUT2D eigenvalue weighted by molar-refractivity contribution is 7.81. The van der Waals surface area contributed by atoms with E-state index in [1.165, 1.54) is 0 Å². The van der Waals surface area contributed by atoms with E-state index in [2.05, 4.69) is 15.4 Å². The molecule has 1 heterocycles. The molecule has 1 N–H and O–H groups in total. The molecule has 58 valence electrons. The zero-order valence-electron chi connectivity index (χ0n) is 4.53. The van der Waals surface area contributed by atoms with Crippen molar-refractivity contribution in [3.63, 3.8) is 0 Å². The van der Waals surface area contributed by atoms with E-state index < -0.39 is 10.6 Å². The Morgan fingerprint density at radius 3 is 2.00 bits per heavy atom. The van der Waals surface area contributed by atoms with Gasteiger partial charge >= 0.3 is 10.6 Å². The molecule has 0 amide bonds. The number of H-pyrrole nitrogens is 1. The monoisotopic (exact) mass is 171 g/mol. The van der Waals surface area contributed by atoms with Crippen LogP contribution in [0.4, 0.5) is 7.77 Å². The van der Waals surface area contributed by atoms with E-state index in [0.717, 1.165) is 0 Å². The summed E-state index contributed by atoms with van der Waals surface area (Å²) in [7, 11) is -5.67. The predicted molar refractivity (Wildman–Crippen MR) is 27.5 cm³/mol. The Labute approximate surface area is 55.6 Å². The van der Waals surface area contributed by atoms with Gasteiger partial charge in [-0.3, -0.25) is 5.10 Å². The van der Waals surface area contributed by atoms with Gasteiger partial charge in [0.05, 0.1) is 6.20 Å². The standard InChI is InChI=1S/C2H3N3.F2O2S/c1-2-4-5-3-1;1-5(2,3)4/h1-2H,(H,3,4,5);. The van der Waals surface area contributed by atoms with Gasteiger partial charge in [0.15, 0.2) is 0 Å². The lowest BCUT2D eigenvalue weighted by Gasteiger charge is -1.57. The molecule has 0 spiro atoms. The van der Waals surface area contributed by atoms with Crippen LogP contribution in [-0.2, 0) is 10.6 Å². The van der Waals surface area contributed by atoms with Crippen LogP contribution in [-0.4, -0.2) is 23.8 Å². The lowest BCUT2D eigenvalue weighted by atomic mass is 11.0. The van der Waals surface area contributed by atoms with Crippen molar-refractivity contribution in [2.45, 2.75) is 0 Å². The van der Waals surface area contributed by atoms with Crippen LogP contribution in [0, 0.1) is 0 Å². The lowest BCUT2D eigenvalue weighted by Crippen LogP contribution is -1.69. The van der Waals surface area contributed by atoms with Crippen LogP contribution in [0.5, 0.6) is 0 Å². The number of hydrogen-bond donors (Lipinski definition) is 1. The zero-order chi connectivity index (χ0) is 8.04. The summed E-state index contributed by atoms with van der Waals surface area (Å²) in [6, 6.07) is 0. The maximum atomic E-state index is 9.99. The fourth-order valence-corrected chi connectivity index (χ4v) is 0.167. The van der Waals surface area contributed by atoms with Gasteiger partial charge in [-0.15, -0.1) is 5.10 Å². The van der Waals surface area contributed by atoms with E-state index in [9.17, 15) is 7.77 Å². The third kappa shape index (κ3) is 15.8. The first-order valence-electron chi connectivity index (χ1n) is 1.95. The summed E-state index contributed by atoms with van der Waals surface area (Å²) in [6.45, 7) is 0. The van der Waals surface area contributed by atoms with E-state index in [1.54, 1.807) is 12.4 Å². The van der Waals surface area contributed by atoms with Crippen molar-refractivity contribution in [3.8, 4) is 0 Å². The highest BCUT2D eigenvalue weighted by Gasteiger charge is 1.94. The average Bonchev–Trinajstić information content (AvgIpc) is 2.07. The Bertz CT molecular complexity index is 218. The fraction of sp³-hybridized carbons (Fsp3) is 0. The molecule has 0 aliphatic heterocycles. The molecular formula is C2H3F2N3O2S. The highest BCUT2D eigenvalue weighted by atomic mass is 32.3. The molecular weight excluding hydrogens is 168 g/mol. The van der Waals surface area contributed by atoms with Crippen molar-refractivity contribution >= 4 is 10.6 Å². The summed E-state index contributed by atoms with van der Waals surface area (Å²) in [5.41, 5.74) is 0.